The van der Waals surface area contributed by atoms with E-state index in [9.17, 15) is 10.1 Å². The number of carbonyl (C=O) groups is 1. The minimum atomic E-state index is -0.491. The number of hydrogen-bond acceptors (Lipinski definition) is 5. The van der Waals surface area contributed by atoms with Gasteiger partial charge in [-0.1, -0.05) is 23.7 Å². The summed E-state index contributed by atoms with van der Waals surface area (Å²) in [7, 11) is 0. The highest BCUT2D eigenvalue weighted by Crippen LogP contribution is 2.38. The molecule has 3 aromatic carbocycles. The van der Waals surface area contributed by atoms with Gasteiger partial charge in [0.1, 0.15) is 18.2 Å². The molecule has 0 saturated carbocycles. The summed E-state index contributed by atoms with van der Waals surface area (Å²) < 4.78 is 12.5. The number of halogens is 2. The highest BCUT2D eigenvalue weighted by atomic mass is 79.9. The first kappa shape index (κ1) is 28.1. The Morgan fingerprint density at radius 3 is 2.32 bits per heavy atom. The molecule has 3 aromatic rings. The molecule has 0 unspecified atom stereocenters. The number of hydrogen-bond donors (Lipinski definition) is 1. The van der Waals surface area contributed by atoms with Gasteiger partial charge >= 0.3 is 0 Å². The molecule has 6 nitrogen and oxygen atoms in total. The van der Waals surface area contributed by atoms with E-state index in [1.54, 1.807) is 24.3 Å². The van der Waals surface area contributed by atoms with Gasteiger partial charge in [-0.2, -0.15) is 5.26 Å². The van der Waals surface area contributed by atoms with E-state index in [-0.39, 0.29) is 5.57 Å². The molecule has 0 atom stereocenters. The largest absolute Gasteiger partial charge is 0.490 e. The fourth-order valence-electron chi connectivity index (χ4n) is 3.67. The quantitative estimate of drug-likeness (QED) is 0.187. The number of anilines is 2. The first-order valence-electron chi connectivity index (χ1n) is 12.0. The lowest BCUT2D eigenvalue weighted by Crippen LogP contribution is -2.21. The third-order valence-electron chi connectivity index (χ3n) is 5.56. The van der Waals surface area contributed by atoms with Crippen LogP contribution >= 0.6 is 27.5 Å². The van der Waals surface area contributed by atoms with Crippen molar-refractivity contribution in [3.63, 3.8) is 0 Å². The van der Waals surface area contributed by atoms with Gasteiger partial charge in [0, 0.05) is 29.5 Å². The molecule has 1 N–H and O–H groups in total. The molecule has 0 aliphatic rings. The number of benzene rings is 3. The highest BCUT2D eigenvalue weighted by molar-refractivity contribution is 9.10. The molecule has 0 aliphatic heterocycles. The van der Waals surface area contributed by atoms with E-state index >= 15 is 0 Å². The van der Waals surface area contributed by atoms with Crippen molar-refractivity contribution in [3.05, 3.63) is 86.9 Å². The number of amides is 1. The molecule has 3 rings (SSSR count). The normalized spacial score (nSPS) is 11.0. The third kappa shape index (κ3) is 7.75. The Labute approximate surface area is 231 Å². The van der Waals surface area contributed by atoms with Gasteiger partial charge in [0.25, 0.3) is 5.91 Å². The van der Waals surface area contributed by atoms with Crippen LogP contribution < -0.4 is 19.7 Å². The first-order chi connectivity index (χ1) is 17.9. The molecule has 8 heteroatoms. The average molecular weight is 583 g/mol. The van der Waals surface area contributed by atoms with Gasteiger partial charge in [-0.3, -0.25) is 4.79 Å². The molecule has 0 bridgehead atoms. The number of nitriles is 1. The molecular weight excluding hydrogens is 554 g/mol. The van der Waals surface area contributed by atoms with Crippen LogP contribution in [0.25, 0.3) is 6.08 Å². The van der Waals surface area contributed by atoms with Crippen LogP contribution in [-0.4, -0.2) is 25.6 Å². The zero-order valence-electron chi connectivity index (χ0n) is 21.1. The Kier molecular flexibility index (Phi) is 10.4. The minimum Gasteiger partial charge on any atom is -0.490 e. The van der Waals surface area contributed by atoms with Crippen molar-refractivity contribution >= 4 is 50.9 Å². The molecule has 0 heterocycles. The van der Waals surface area contributed by atoms with E-state index in [1.807, 2.05) is 49.4 Å². The van der Waals surface area contributed by atoms with Crippen LogP contribution in [0.1, 0.15) is 31.9 Å². The van der Waals surface area contributed by atoms with Crippen molar-refractivity contribution in [2.75, 3.05) is 29.9 Å². The van der Waals surface area contributed by atoms with Gasteiger partial charge < -0.3 is 19.7 Å². The van der Waals surface area contributed by atoms with E-state index in [1.165, 1.54) is 6.08 Å². The maximum absolute atomic E-state index is 12.8. The molecule has 192 valence electrons. The SMILES string of the molecule is CCOc1cc(/C=C(/C#N)C(=O)Nc2ccc(N(CC)CC)cc2)cc(Br)c1OCc1ccc(Cl)cc1. The molecule has 37 heavy (non-hydrogen) atoms. The van der Waals surface area contributed by atoms with Crippen molar-refractivity contribution in [2.45, 2.75) is 27.4 Å². The number of ether oxygens (including phenoxy) is 2. The summed E-state index contributed by atoms with van der Waals surface area (Å²) in [6, 6.07) is 20.5. The molecule has 1 amide bonds. The Hall–Kier alpha value is -3.47. The molecule has 0 spiro atoms. The Bertz CT molecular complexity index is 1280. The smallest absolute Gasteiger partial charge is 0.266 e. The van der Waals surface area contributed by atoms with Crippen LogP contribution in [0.15, 0.2) is 70.7 Å². The lowest BCUT2D eigenvalue weighted by molar-refractivity contribution is -0.112. The van der Waals surface area contributed by atoms with Crippen molar-refractivity contribution in [1.82, 2.24) is 0 Å². The maximum Gasteiger partial charge on any atom is 0.266 e. The van der Waals surface area contributed by atoms with Gasteiger partial charge in [0.2, 0.25) is 0 Å². The predicted octanol–water partition coefficient (Wildman–Crippen LogP) is 7.47. The number of rotatable bonds is 11. The van der Waals surface area contributed by atoms with Gasteiger partial charge in [-0.25, -0.2) is 0 Å². The van der Waals surface area contributed by atoms with Gasteiger partial charge in [0.05, 0.1) is 11.1 Å². The van der Waals surface area contributed by atoms with Crippen molar-refractivity contribution < 1.29 is 14.3 Å². The van der Waals surface area contributed by atoms with Crippen LogP contribution in [0, 0.1) is 11.3 Å². The van der Waals surface area contributed by atoms with Gasteiger partial charge in [-0.15, -0.1) is 0 Å². The number of nitrogens with one attached hydrogen (secondary N) is 1. The third-order valence-corrected chi connectivity index (χ3v) is 6.40. The monoisotopic (exact) mass is 581 g/mol. The zero-order chi connectivity index (χ0) is 26.8. The zero-order valence-corrected chi connectivity index (χ0v) is 23.4. The topological polar surface area (TPSA) is 74.6 Å². The average Bonchev–Trinajstić information content (AvgIpc) is 2.89. The summed E-state index contributed by atoms with van der Waals surface area (Å²) in [6.45, 7) is 8.60. The second-order valence-electron chi connectivity index (χ2n) is 8.02. The predicted molar refractivity (Wildman–Crippen MR) is 153 cm³/mol. The Balaban J connectivity index is 1.79. The Morgan fingerprint density at radius 1 is 1.05 bits per heavy atom. The van der Waals surface area contributed by atoms with Crippen LogP contribution in [-0.2, 0) is 11.4 Å². The summed E-state index contributed by atoms with van der Waals surface area (Å²) in [5, 5.41) is 13.1. The standard InChI is InChI=1S/C29H29BrClN3O3/c1-4-34(5-2)25-13-11-24(12-14-25)33-29(35)22(18-32)15-21-16-26(30)28(27(17-21)36-6-3)37-19-20-7-9-23(31)10-8-20/h7-17H,4-6,19H2,1-3H3,(H,33,35)/b22-15-. The van der Waals surface area contributed by atoms with Crippen LogP contribution in [0.5, 0.6) is 11.5 Å². The van der Waals surface area contributed by atoms with E-state index in [0.29, 0.717) is 45.5 Å². The number of nitrogens with zero attached hydrogens (tertiary/aromatic N) is 2. The molecule has 0 saturated heterocycles. The minimum absolute atomic E-state index is 0.0306. The molecular formula is C29H29BrClN3O3. The molecule has 0 aromatic heterocycles. The fourth-order valence-corrected chi connectivity index (χ4v) is 4.37. The second kappa shape index (κ2) is 13.7. The fraction of sp³-hybridized carbons (Fsp3) is 0.241. The summed E-state index contributed by atoms with van der Waals surface area (Å²) in [5.74, 6) is 0.544. The molecule has 0 aliphatic carbocycles. The summed E-state index contributed by atoms with van der Waals surface area (Å²) in [6.07, 6.45) is 1.52. The van der Waals surface area contributed by atoms with Crippen LogP contribution in [0.4, 0.5) is 11.4 Å². The first-order valence-corrected chi connectivity index (χ1v) is 13.2. The van der Waals surface area contributed by atoms with E-state index in [2.05, 4.69) is 40.0 Å². The summed E-state index contributed by atoms with van der Waals surface area (Å²) >= 11 is 9.50. The van der Waals surface area contributed by atoms with E-state index in [4.69, 9.17) is 21.1 Å². The molecule has 0 fully saturated rings. The summed E-state index contributed by atoms with van der Waals surface area (Å²) in [4.78, 5) is 15.0. The van der Waals surface area contributed by atoms with Gasteiger partial charge in [-0.05, 0) is 102 Å². The lowest BCUT2D eigenvalue weighted by atomic mass is 10.1. The highest BCUT2D eigenvalue weighted by Gasteiger charge is 2.15. The maximum atomic E-state index is 12.8. The van der Waals surface area contributed by atoms with Gasteiger partial charge in [0.15, 0.2) is 11.5 Å². The second-order valence-corrected chi connectivity index (χ2v) is 9.31. The van der Waals surface area contributed by atoms with Crippen LogP contribution in [0.2, 0.25) is 5.02 Å². The van der Waals surface area contributed by atoms with Crippen LogP contribution in [0.3, 0.4) is 0 Å². The van der Waals surface area contributed by atoms with Crippen molar-refractivity contribution in [2.24, 2.45) is 0 Å². The molecule has 0 radical (unpaired) electrons. The van der Waals surface area contributed by atoms with Crippen molar-refractivity contribution in [1.29, 1.82) is 5.26 Å². The Morgan fingerprint density at radius 2 is 1.73 bits per heavy atom. The lowest BCUT2D eigenvalue weighted by Gasteiger charge is -2.21. The van der Waals surface area contributed by atoms with E-state index in [0.717, 1.165) is 24.3 Å². The van der Waals surface area contributed by atoms with E-state index < -0.39 is 5.91 Å². The summed E-state index contributed by atoms with van der Waals surface area (Å²) in [5.41, 5.74) is 3.24. The van der Waals surface area contributed by atoms with Crippen molar-refractivity contribution in [3.8, 4) is 17.6 Å². The number of carbonyl (C=O) groups excluding carboxylic acids is 1.